The number of nitrogens with zero attached hydrogens (tertiary/aromatic N) is 2. The summed E-state index contributed by atoms with van der Waals surface area (Å²) in [5.41, 5.74) is 0. The van der Waals surface area contributed by atoms with Crippen molar-refractivity contribution < 1.29 is 0 Å². The van der Waals surface area contributed by atoms with Gasteiger partial charge in [0, 0.05) is 32.4 Å². The van der Waals surface area contributed by atoms with E-state index < -0.39 is 0 Å². The molecule has 2 N–H and O–H groups in total. The molecule has 0 rings (SSSR count). The molecule has 17 heavy (non-hydrogen) atoms. The first-order valence-corrected chi connectivity index (χ1v) is 7.33. The Kier molecular flexibility index (Phi) is 16.6. The van der Waals surface area contributed by atoms with E-state index in [1.54, 1.807) is 0 Å². The Morgan fingerprint density at radius 3 is 2.24 bits per heavy atom. The third-order valence-electron chi connectivity index (χ3n) is 2.44. The van der Waals surface area contributed by atoms with Crippen LogP contribution in [0.5, 0.6) is 0 Å². The van der Waals surface area contributed by atoms with E-state index in [0.29, 0.717) is 0 Å². The Bertz CT molecular complexity index is 186. The van der Waals surface area contributed by atoms with Crippen molar-refractivity contribution in [3.05, 3.63) is 0 Å². The van der Waals surface area contributed by atoms with E-state index in [4.69, 9.17) is 0 Å². The van der Waals surface area contributed by atoms with E-state index in [9.17, 15) is 0 Å². The topological polar surface area (TPSA) is 39.7 Å². The van der Waals surface area contributed by atoms with E-state index in [2.05, 4.69) is 40.6 Å². The fourth-order valence-corrected chi connectivity index (χ4v) is 1.67. The second-order valence-electron chi connectivity index (χ2n) is 3.45. The number of hydrogen-bond donors (Lipinski definition) is 2. The molecular formula is C11H27IN4S. The highest BCUT2D eigenvalue weighted by atomic mass is 127. The van der Waals surface area contributed by atoms with Gasteiger partial charge in [0.15, 0.2) is 5.96 Å². The Hall–Kier alpha value is 0.310. The molecule has 0 bridgehead atoms. The molecule has 6 heteroatoms. The molecule has 0 amide bonds. The number of rotatable bonds is 8. The third kappa shape index (κ3) is 11.1. The van der Waals surface area contributed by atoms with Crippen molar-refractivity contribution in [1.29, 1.82) is 0 Å². The maximum absolute atomic E-state index is 4.18. The molecule has 0 aliphatic rings. The summed E-state index contributed by atoms with van der Waals surface area (Å²) in [5, 5.41) is 6.60. The minimum Gasteiger partial charge on any atom is -0.356 e. The number of aliphatic imine (C=N–C) groups is 1. The second kappa shape index (κ2) is 14.4. The van der Waals surface area contributed by atoms with Gasteiger partial charge in [-0.1, -0.05) is 13.8 Å². The molecule has 0 aliphatic heterocycles. The SMILES string of the molecule is CCN(CC)CCNC(=NC)NCCSC.I. The van der Waals surface area contributed by atoms with Crippen LogP contribution in [0.15, 0.2) is 4.99 Å². The largest absolute Gasteiger partial charge is 0.356 e. The Labute approximate surface area is 127 Å². The first kappa shape index (κ1) is 19.6. The lowest BCUT2D eigenvalue weighted by Gasteiger charge is -2.19. The molecule has 4 nitrogen and oxygen atoms in total. The minimum atomic E-state index is 0. The predicted octanol–water partition coefficient (Wildman–Crippen LogP) is 1.47. The van der Waals surface area contributed by atoms with Crippen LogP contribution >= 0.6 is 35.7 Å². The van der Waals surface area contributed by atoms with Crippen molar-refractivity contribution in [2.75, 3.05) is 51.8 Å². The molecule has 0 aromatic carbocycles. The lowest BCUT2D eigenvalue weighted by Crippen LogP contribution is -2.42. The molecule has 0 fully saturated rings. The van der Waals surface area contributed by atoms with Gasteiger partial charge in [0.2, 0.25) is 0 Å². The van der Waals surface area contributed by atoms with E-state index in [1.165, 1.54) is 0 Å². The number of guanidine groups is 1. The highest BCUT2D eigenvalue weighted by molar-refractivity contribution is 14.0. The van der Waals surface area contributed by atoms with Gasteiger partial charge < -0.3 is 15.5 Å². The van der Waals surface area contributed by atoms with Crippen molar-refractivity contribution in [1.82, 2.24) is 15.5 Å². The number of nitrogens with one attached hydrogen (secondary N) is 2. The molecule has 104 valence electrons. The molecule has 0 spiro atoms. The number of halogens is 1. The quantitative estimate of drug-likeness (QED) is 0.292. The summed E-state index contributed by atoms with van der Waals surface area (Å²) in [5.74, 6) is 2.01. The zero-order chi connectivity index (χ0) is 12.2. The van der Waals surface area contributed by atoms with Crippen LogP contribution in [-0.4, -0.2) is 62.6 Å². The van der Waals surface area contributed by atoms with Crippen molar-refractivity contribution in [2.24, 2.45) is 4.99 Å². The normalized spacial score (nSPS) is 11.2. The highest BCUT2D eigenvalue weighted by Gasteiger charge is 1.99. The van der Waals surface area contributed by atoms with Crippen LogP contribution in [0.2, 0.25) is 0 Å². The Morgan fingerprint density at radius 1 is 1.18 bits per heavy atom. The van der Waals surface area contributed by atoms with Crippen LogP contribution in [0.3, 0.4) is 0 Å². The minimum absolute atomic E-state index is 0. The summed E-state index contributed by atoms with van der Waals surface area (Å²) >= 11 is 1.84. The smallest absolute Gasteiger partial charge is 0.191 e. The highest BCUT2D eigenvalue weighted by Crippen LogP contribution is 1.87. The average molecular weight is 374 g/mol. The Balaban J connectivity index is 0. The molecule has 0 heterocycles. The summed E-state index contributed by atoms with van der Waals surface area (Å²) in [6, 6.07) is 0. The van der Waals surface area contributed by atoms with E-state index in [-0.39, 0.29) is 24.0 Å². The summed E-state index contributed by atoms with van der Waals surface area (Å²) < 4.78 is 0. The molecular weight excluding hydrogens is 347 g/mol. The Morgan fingerprint density at radius 2 is 1.76 bits per heavy atom. The van der Waals surface area contributed by atoms with Crippen LogP contribution < -0.4 is 10.6 Å². The summed E-state index contributed by atoms with van der Waals surface area (Å²) in [6.45, 7) is 9.57. The van der Waals surface area contributed by atoms with Crippen LogP contribution in [0.25, 0.3) is 0 Å². The van der Waals surface area contributed by atoms with Gasteiger partial charge in [-0.05, 0) is 19.3 Å². The number of thioether (sulfide) groups is 1. The number of likely N-dealkylation sites (N-methyl/N-ethyl adjacent to an activating group) is 1. The van der Waals surface area contributed by atoms with Gasteiger partial charge in [-0.2, -0.15) is 11.8 Å². The molecule has 0 saturated carbocycles. The average Bonchev–Trinajstić information content (AvgIpc) is 2.32. The van der Waals surface area contributed by atoms with Crippen LogP contribution in [0.1, 0.15) is 13.8 Å². The second-order valence-corrected chi connectivity index (χ2v) is 4.43. The standard InChI is InChI=1S/C11H26N4S.HI/c1-5-15(6-2)9-7-13-11(12-3)14-8-10-16-4;/h5-10H2,1-4H3,(H2,12,13,14);1H. The molecule has 0 aliphatic carbocycles. The lowest BCUT2D eigenvalue weighted by molar-refractivity contribution is 0.308. The van der Waals surface area contributed by atoms with E-state index in [0.717, 1.165) is 44.4 Å². The van der Waals surface area contributed by atoms with Gasteiger partial charge >= 0.3 is 0 Å². The molecule has 0 atom stereocenters. The summed E-state index contributed by atoms with van der Waals surface area (Å²) in [4.78, 5) is 6.57. The molecule has 0 aromatic heterocycles. The first-order chi connectivity index (χ1) is 7.78. The van der Waals surface area contributed by atoms with Crippen LogP contribution in [-0.2, 0) is 0 Å². The van der Waals surface area contributed by atoms with Crippen LogP contribution in [0.4, 0.5) is 0 Å². The zero-order valence-electron chi connectivity index (χ0n) is 11.5. The van der Waals surface area contributed by atoms with Gasteiger partial charge in [-0.3, -0.25) is 4.99 Å². The first-order valence-electron chi connectivity index (χ1n) is 5.94. The maximum atomic E-state index is 4.18. The number of hydrogen-bond acceptors (Lipinski definition) is 3. The van der Waals surface area contributed by atoms with E-state index in [1.807, 2.05) is 18.8 Å². The third-order valence-corrected chi connectivity index (χ3v) is 3.05. The van der Waals surface area contributed by atoms with Crippen molar-refractivity contribution in [2.45, 2.75) is 13.8 Å². The van der Waals surface area contributed by atoms with Crippen molar-refractivity contribution >= 4 is 41.7 Å². The maximum Gasteiger partial charge on any atom is 0.191 e. The fraction of sp³-hybridized carbons (Fsp3) is 0.909. The van der Waals surface area contributed by atoms with Crippen molar-refractivity contribution in [3.8, 4) is 0 Å². The van der Waals surface area contributed by atoms with E-state index >= 15 is 0 Å². The van der Waals surface area contributed by atoms with Gasteiger partial charge in [0.05, 0.1) is 0 Å². The predicted molar refractivity (Wildman–Crippen MR) is 90.9 cm³/mol. The molecule has 0 radical (unpaired) electrons. The fourth-order valence-electron chi connectivity index (χ4n) is 1.36. The van der Waals surface area contributed by atoms with Gasteiger partial charge in [0.25, 0.3) is 0 Å². The van der Waals surface area contributed by atoms with Gasteiger partial charge in [-0.25, -0.2) is 0 Å². The lowest BCUT2D eigenvalue weighted by atomic mass is 10.4. The molecule has 0 unspecified atom stereocenters. The monoisotopic (exact) mass is 374 g/mol. The van der Waals surface area contributed by atoms with Crippen LogP contribution in [0, 0.1) is 0 Å². The molecule has 0 saturated heterocycles. The molecule has 0 aromatic rings. The van der Waals surface area contributed by atoms with Crippen molar-refractivity contribution in [3.63, 3.8) is 0 Å². The zero-order valence-corrected chi connectivity index (χ0v) is 14.6. The van der Waals surface area contributed by atoms with Gasteiger partial charge in [-0.15, -0.1) is 24.0 Å². The summed E-state index contributed by atoms with van der Waals surface area (Å²) in [7, 11) is 1.81. The van der Waals surface area contributed by atoms with Gasteiger partial charge in [0.1, 0.15) is 0 Å². The summed E-state index contributed by atoms with van der Waals surface area (Å²) in [6.07, 6.45) is 2.11.